The van der Waals surface area contributed by atoms with Crippen LogP contribution in [0.15, 0.2) is 41.1 Å². The predicted octanol–water partition coefficient (Wildman–Crippen LogP) is 1.55. The van der Waals surface area contributed by atoms with Crippen LogP contribution in [0.4, 0.5) is 0 Å². The van der Waals surface area contributed by atoms with E-state index in [0.29, 0.717) is 12.4 Å². The molecule has 7 nitrogen and oxygen atoms in total. The smallest absolute Gasteiger partial charge is 0.344 e. The number of carbonyl (C=O) groups excluding carboxylic acids is 2. The van der Waals surface area contributed by atoms with E-state index in [4.69, 9.17) is 13.9 Å². The van der Waals surface area contributed by atoms with Crippen molar-refractivity contribution in [1.82, 2.24) is 10.3 Å². The molecule has 0 aliphatic rings. The molecule has 0 aliphatic heterocycles. The van der Waals surface area contributed by atoms with E-state index in [0.717, 1.165) is 0 Å². The quantitative estimate of drug-likeness (QED) is 0.780. The fourth-order valence-electron chi connectivity index (χ4n) is 1.66. The van der Waals surface area contributed by atoms with E-state index in [1.165, 1.54) is 18.5 Å². The van der Waals surface area contributed by atoms with Crippen molar-refractivity contribution < 1.29 is 23.5 Å². The van der Waals surface area contributed by atoms with Crippen molar-refractivity contribution in [3.8, 4) is 5.88 Å². The van der Waals surface area contributed by atoms with Crippen LogP contribution in [-0.2, 0) is 16.1 Å². The van der Waals surface area contributed by atoms with Gasteiger partial charge in [-0.05, 0) is 31.2 Å². The summed E-state index contributed by atoms with van der Waals surface area (Å²) >= 11 is 0. The van der Waals surface area contributed by atoms with Gasteiger partial charge in [0.25, 0.3) is 5.91 Å². The monoisotopic (exact) mass is 304 g/mol. The number of nitrogens with zero attached hydrogens (tertiary/aromatic N) is 1. The van der Waals surface area contributed by atoms with Crippen molar-refractivity contribution >= 4 is 11.9 Å². The number of amides is 1. The molecule has 116 valence electrons. The van der Waals surface area contributed by atoms with Crippen LogP contribution in [0.25, 0.3) is 0 Å². The molecule has 2 rings (SSSR count). The second-order valence-electron chi connectivity index (χ2n) is 4.22. The number of carbonyl (C=O) groups is 2. The molecule has 1 N–H and O–H groups in total. The number of ether oxygens (including phenoxy) is 2. The molecule has 0 radical (unpaired) electrons. The first-order chi connectivity index (χ1) is 10.7. The van der Waals surface area contributed by atoms with Crippen molar-refractivity contribution in [3.05, 3.63) is 48.0 Å². The number of hydrogen-bond acceptors (Lipinski definition) is 6. The SMILES string of the molecule is CCOc1ncccc1C(=O)OCC(=O)NCc1ccco1. The van der Waals surface area contributed by atoms with Gasteiger partial charge in [0.05, 0.1) is 19.4 Å². The second-order valence-corrected chi connectivity index (χ2v) is 4.22. The van der Waals surface area contributed by atoms with Gasteiger partial charge >= 0.3 is 5.97 Å². The Morgan fingerprint density at radius 3 is 2.91 bits per heavy atom. The highest BCUT2D eigenvalue weighted by atomic mass is 16.5. The highest BCUT2D eigenvalue weighted by Gasteiger charge is 2.16. The lowest BCUT2D eigenvalue weighted by Crippen LogP contribution is -2.28. The molecule has 22 heavy (non-hydrogen) atoms. The van der Waals surface area contributed by atoms with Crippen LogP contribution in [0.5, 0.6) is 5.88 Å². The van der Waals surface area contributed by atoms with Crippen LogP contribution in [0.1, 0.15) is 23.0 Å². The molecule has 0 saturated heterocycles. The molecule has 1 amide bonds. The highest BCUT2D eigenvalue weighted by Crippen LogP contribution is 2.15. The summed E-state index contributed by atoms with van der Waals surface area (Å²) in [7, 11) is 0. The largest absolute Gasteiger partial charge is 0.477 e. The summed E-state index contributed by atoms with van der Waals surface area (Å²) in [6.07, 6.45) is 3.02. The van der Waals surface area contributed by atoms with E-state index in [2.05, 4.69) is 10.3 Å². The van der Waals surface area contributed by atoms with Crippen molar-refractivity contribution in [2.24, 2.45) is 0 Å². The standard InChI is InChI=1S/C15H16N2O5/c1-2-20-14-12(6-3-7-16-14)15(19)22-10-13(18)17-9-11-5-4-8-21-11/h3-8H,2,9-10H2,1H3,(H,17,18). The highest BCUT2D eigenvalue weighted by molar-refractivity contribution is 5.93. The molecule has 0 fully saturated rings. The first-order valence-electron chi connectivity index (χ1n) is 6.74. The number of rotatable bonds is 7. The molecule has 0 atom stereocenters. The van der Waals surface area contributed by atoms with Crippen LogP contribution in [0, 0.1) is 0 Å². The molecule has 0 bridgehead atoms. The fraction of sp³-hybridized carbons (Fsp3) is 0.267. The molecule has 2 aromatic heterocycles. The van der Waals surface area contributed by atoms with Gasteiger partial charge in [-0.3, -0.25) is 4.79 Å². The van der Waals surface area contributed by atoms with E-state index < -0.39 is 11.9 Å². The van der Waals surface area contributed by atoms with Crippen LogP contribution < -0.4 is 10.1 Å². The van der Waals surface area contributed by atoms with Gasteiger partial charge < -0.3 is 19.2 Å². The van der Waals surface area contributed by atoms with Crippen LogP contribution in [0.2, 0.25) is 0 Å². The van der Waals surface area contributed by atoms with Gasteiger partial charge in [-0.2, -0.15) is 0 Å². The lowest BCUT2D eigenvalue weighted by molar-refractivity contribution is -0.124. The number of pyridine rings is 1. The molecule has 7 heteroatoms. The van der Waals surface area contributed by atoms with Crippen molar-refractivity contribution in [2.45, 2.75) is 13.5 Å². The summed E-state index contributed by atoms with van der Waals surface area (Å²) in [5.74, 6) is -0.284. The minimum Gasteiger partial charge on any atom is -0.477 e. The molecule has 0 spiro atoms. The average Bonchev–Trinajstić information content (AvgIpc) is 3.05. The van der Waals surface area contributed by atoms with Crippen molar-refractivity contribution in [2.75, 3.05) is 13.2 Å². The zero-order chi connectivity index (χ0) is 15.8. The number of aromatic nitrogens is 1. The Morgan fingerprint density at radius 2 is 2.18 bits per heavy atom. The maximum absolute atomic E-state index is 11.9. The first-order valence-corrected chi connectivity index (χ1v) is 6.74. The van der Waals surface area contributed by atoms with Gasteiger partial charge in [0.15, 0.2) is 6.61 Å². The molecule has 0 aliphatic carbocycles. The van der Waals surface area contributed by atoms with Gasteiger partial charge in [-0.15, -0.1) is 0 Å². The maximum atomic E-state index is 11.9. The van der Waals surface area contributed by atoms with Crippen LogP contribution in [0.3, 0.4) is 0 Å². The normalized spacial score (nSPS) is 10.0. The van der Waals surface area contributed by atoms with E-state index in [9.17, 15) is 9.59 Å². The van der Waals surface area contributed by atoms with Gasteiger partial charge in [-0.25, -0.2) is 9.78 Å². The van der Waals surface area contributed by atoms with Gasteiger partial charge in [0.1, 0.15) is 11.3 Å². The molecule has 2 aromatic rings. The van der Waals surface area contributed by atoms with Gasteiger partial charge in [0, 0.05) is 6.20 Å². The zero-order valence-electron chi connectivity index (χ0n) is 12.1. The predicted molar refractivity (Wildman–Crippen MR) is 76.2 cm³/mol. The fourth-order valence-corrected chi connectivity index (χ4v) is 1.66. The third-order valence-corrected chi connectivity index (χ3v) is 2.65. The van der Waals surface area contributed by atoms with E-state index in [1.807, 2.05) is 0 Å². The number of hydrogen-bond donors (Lipinski definition) is 1. The summed E-state index contributed by atoms with van der Waals surface area (Å²) in [6, 6.07) is 6.58. The Kier molecular flexibility index (Phi) is 5.53. The molecule has 0 aromatic carbocycles. The molecular weight excluding hydrogens is 288 g/mol. The Labute approximate surface area is 127 Å². The van der Waals surface area contributed by atoms with Crippen molar-refractivity contribution in [1.29, 1.82) is 0 Å². The molecule has 0 unspecified atom stereocenters. The van der Waals surface area contributed by atoms with E-state index in [-0.39, 0.29) is 24.6 Å². The Bertz CT molecular complexity index is 625. The first kappa shape index (κ1) is 15.6. The minimum atomic E-state index is -0.662. The van der Waals surface area contributed by atoms with Gasteiger partial charge in [-0.1, -0.05) is 0 Å². The topological polar surface area (TPSA) is 90.7 Å². The lowest BCUT2D eigenvalue weighted by atomic mass is 10.3. The summed E-state index contributed by atoms with van der Waals surface area (Å²) in [6.45, 7) is 2.01. The number of furan rings is 1. The van der Waals surface area contributed by atoms with Crippen LogP contribution in [-0.4, -0.2) is 30.1 Å². The number of esters is 1. The zero-order valence-corrected chi connectivity index (χ0v) is 12.1. The van der Waals surface area contributed by atoms with E-state index >= 15 is 0 Å². The lowest BCUT2D eigenvalue weighted by Gasteiger charge is -2.08. The summed E-state index contributed by atoms with van der Waals surface area (Å²) < 4.78 is 15.3. The van der Waals surface area contributed by atoms with Gasteiger partial charge in [0.2, 0.25) is 5.88 Å². The minimum absolute atomic E-state index is 0.184. The third kappa shape index (κ3) is 4.34. The van der Waals surface area contributed by atoms with Crippen LogP contribution >= 0.6 is 0 Å². The average molecular weight is 304 g/mol. The second kappa shape index (κ2) is 7.82. The van der Waals surface area contributed by atoms with Crippen molar-refractivity contribution in [3.63, 3.8) is 0 Å². The summed E-state index contributed by atoms with van der Waals surface area (Å²) in [4.78, 5) is 27.5. The third-order valence-electron chi connectivity index (χ3n) is 2.65. The molecule has 0 saturated carbocycles. The Hall–Kier alpha value is -2.83. The summed E-state index contributed by atoms with van der Waals surface area (Å²) in [5, 5.41) is 2.57. The maximum Gasteiger partial charge on any atom is 0.344 e. The molecule has 2 heterocycles. The summed E-state index contributed by atoms with van der Waals surface area (Å²) in [5.41, 5.74) is 0.184. The molecular formula is C15H16N2O5. The Balaban J connectivity index is 1.83. The van der Waals surface area contributed by atoms with E-state index in [1.54, 1.807) is 25.1 Å². The Morgan fingerprint density at radius 1 is 1.32 bits per heavy atom. The number of nitrogens with one attached hydrogen (secondary N) is 1.